The van der Waals surface area contributed by atoms with Gasteiger partial charge >= 0.3 is 0 Å². The predicted molar refractivity (Wildman–Crippen MR) is 89.4 cm³/mol. The van der Waals surface area contributed by atoms with Gasteiger partial charge in [0.15, 0.2) is 0 Å². The number of benzene rings is 1. The van der Waals surface area contributed by atoms with E-state index < -0.39 is 0 Å². The summed E-state index contributed by atoms with van der Waals surface area (Å²) in [5, 5.41) is 0. The van der Waals surface area contributed by atoms with Crippen molar-refractivity contribution in [1.29, 1.82) is 0 Å². The molecule has 1 aromatic rings. The summed E-state index contributed by atoms with van der Waals surface area (Å²) < 4.78 is 5.13. The number of hydrogen-bond donors (Lipinski definition) is 0. The van der Waals surface area contributed by atoms with Crippen molar-refractivity contribution in [2.24, 2.45) is 5.92 Å². The molecule has 4 aliphatic heterocycles. The van der Waals surface area contributed by atoms with E-state index in [1.807, 2.05) is 0 Å². The van der Waals surface area contributed by atoms with Gasteiger partial charge in [-0.1, -0.05) is 29.8 Å². The molecule has 4 fully saturated rings. The van der Waals surface area contributed by atoms with Crippen LogP contribution in [-0.4, -0.2) is 61.1 Å². The molecule has 4 saturated heterocycles. The Morgan fingerprint density at radius 2 is 1.87 bits per heavy atom. The molecule has 4 heteroatoms. The minimum atomic E-state index is 0.158. The fraction of sp³-hybridized carbons (Fsp3) is 0.632. The van der Waals surface area contributed by atoms with Gasteiger partial charge in [-0.2, -0.15) is 0 Å². The maximum absolute atomic E-state index is 12.6. The number of amides is 1. The zero-order valence-electron chi connectivity index (χ0n) is 14.1. The predicted octanol–water partition coefficient (Wildman–Crippen LogP) is 2.03. The van der Waals surface area contributed by atoms with Gasteiger partial charge in [-0.3, -0.25) is 9.69 Å². The van der Waals surface area contributed by atoms with Crippen molar-refractivity contribution < 1.29 is 9.53 Å². The first-order valence-electron chi connectivity index (χ1n) is 8.78. The summed E-state index contributed by atoms with van der Waals surface area (Å²) in [6, 6.07) is 9.77. The molecule has 3 atom stereocenters. The zero-order chi connectivity index (χ0) is 16.0. The summed E-state index contributed by atoms with van der Waals surface area (Å²) in [5.41, 5.74) is 2.67. The second-order valence-electron chi connectivity index (χ2n) is 7.35. The van der Waals surface area contributed by atoms with E-state index in [1.165, 1.54) is 37.1 Å². The minimum Gasteiger partial charge on any atom is -0.375 e. The lowest BCUT2D eigenvalue weighted by Gasteiger charge is -2.51. The normalized spacial score (nSPS) is 35.4. The Bertz CT molecular complexity index is 578. The van der Waals surface area contributed by atoms with Crippen LogP contribution in [0.3, 0.4) is 0 Å². The number of fused-ring (bicyclic) bond motifs is 2. The van der Waals surface area contributed by atoms with Crippen LogP contribution in [0.4, 0.5) is 0 Å². The maximum Gasteiger partial charge on any atom is 0.248 e. The molecular weight excluding hydrogens is 288 g/mol. The Morgan fingerprint density at radius 3 is 2.52 bits per heavy atom. The Labute approximate surface area is 138 Å². The van der Waals surface area contributed by atoms with Crippen LogP contribution in [0.15, 0.2) is 24.3 Å². The number of aryl methyl sites for hydroxylation is 1. The number of hydrogen-bond acceptors (Lipinski definition) is 3. The number of nitrogens with zero attached hydrogens (tertiary/aromatic N) is 2. The molecule has 0 N–H and O–H groups in total. The number of methoxy groups -OCH3 is 1. The molecule has 4 heterocycles. The molecule has 2 bridgehead atoms. The van der Waals surface area contributed by atoms with Crippen LogP contribution in [0.25, 0.3) is 0 Å². The largest absolute Gasteiger partial charge is 0.375 e. The third kappa shape index (κ3) is 2.48. The third-order valence-corrected chi connectivity index (χ3v) is 6.09. The molecule has 124 valence electrons. The molecule has 0 aromatic heterocycles. The van der Waals surface area contributed by atoms with Gasteiger partial charge in [-0.25, -0.2) is 0 Å². The van der Waals surface area contributed by atoms with Crippen molar-refractivity contribution in [2.45, 2.75) is 37.8 Å². The fourth-order valence-electron chi connectivity index (χ4n) is 5.02. The first kappa shape index (κ1) is 15.2. The Morgan fingerprint density at radius 1 is 1.17 bits per heavy atom. The average Bonchev–Trinajstić information content (AvgIpc) is 3.00. The van der Waals surface area contributed by atoms with E-state index in [0.29, 0.717) is 23.9 Å². The van der Waals surface area contributed by atoms with Crippen molar-refractivity contribution in [3.05, 3.63) is 35.4 Å². The summed E-state index contributed by atoms with van der Waals surface area (Å²) in [6.07, 6.45) is 2.47. The van der Waals surface area contributed by atoms with Crippen LogP contribution in [0.2, 0.25) is 0 Å². The van der Waals surface area contributed by atoms with E-state index in [-0.39, 0.29) is 12.5 Å². The summed E-state index contributed by atoms with van der Waals surface area (Å²) in [5.74, 6) is 1.26. The van der Waals surface area contributed by atoms with E-state index in [9.17, 15) is 4.79 Å². The number of likely N-dealkylation sites (tertiary alicyclic amines) is 1. The lowest BCUT2D eigenvalue weighted by atomic mass is 9.75. The van der Waals surface area contributed by atoms with Gasteiger partial charge in [0.1, 0.15) is 6.61 Å². The number of rotatable bonds is 3. The van der Waals surface area contributed by atoms with Crippen LogP contribution in [-0.2, 0) is 9.53 Å². The minimum absolute atomic E-state index is 0.158. The quantitative estimate of drug-likeness (QED) is 0.856. The lowest BCUT2D eigenvalue weighted by molar-refractivity contribution is -0.139. The highest BCUT2D eigenvalue weighted by molar-refractivity contribution is 5.78. The monoisotopic (exact) mass is 314 g/mol. The van der Waals surface area contributed by atoms with E-state index in [4.69, 9.17) is 4.74 Å². The van der Waals surface area contributed by atoms with Crippen LogP contribution in [0.5, 0.6) is 0 Å². The molecule has 1 amide bonds. The second kappa shape index (κ2) is 5.91. The van der Waals surface area contributed by atoms with Crippen LogP contribution in [0, 0.1) is 12.8 Å². The Hall–Kier alpha value is -1.39. The van der Waals surface area contributed by atoms with E-state index in [1.54, 1.807) is 7.11 Å². The van der Waals surface area contributed by atoms with Gasteiger partial charge in [0.2, 0.25) is 5.91 Å². The molecule has 0 saturated carbocycles. The third-order valence-electron chi connectivity index (χ3n) is 6.09. The molecule has 5 rings (SSSR count). The molecule has 4 nitrogen and oxygen atoms in total. The molecular formula is C19H26N2O2. The molecule has 4 aliphatic rings. The maximum atomic E-state index is 12.6. The smallest absolute Gasteiger partial charge is 0.248 e. The summed E-state index contributed by atoms with van der Waals surface area (Å²) in [6.45, 7) is 5.56. The highest BCUT2D eigenvalue weighted by atomic mass is 16.5. The van der Waals surface area contributed by atoms with E-state index in [0.717, 1.165) is 6.54 Å². The number of piperidine rings is 3. The van der Waals surface area contributed by atoms with Crippen molar-refractivity contribution in [3.63, 3.8) is 0 Å². The molecule has 0 radical (unpaired) electrons. The van der Waals surface area contributed by atoms with Crippen molar-refractivity contribution in [1.82, 2.24) is 9.80 Å². The van der Waals surface area contributed by atoms with Crippen LogP contribution in [0.1, 0.15) is 29.9 Å². The Kier molecular flexibility index (Phi) is 3.90. The SMILES string of the molecule is COCC(=O)N1C[C@@H](c2ccc(C)cc2)[C@H]2[C@@H]1C1CCN2CC1. The summed E-state index contributed by atoms with van der Waals surface area (Å²) in [4.78, 5) is 17.4. The standard InChI is InChI=1S/C19H26N2O2/c1-13-3-5-14(6-4-13)16-11-21(17(22)12-23-2)18-15-7-9-20(10-8-15)19(16)18/h3-6,15-16,18-19H,7-12H2,1-2H3/t16-,18-,19-/m0/s1. The molecule has 0 spiro atoms. The second-order valence-corrected chi connectivity index (χ2v) is 7.35. The van der Waals surface area contributed by atoms with Gasteiger partial charge in [0.25, 0.3) is 0 Å². The van der Waals surface area contributed by atoms with Gasteiger partial charge in [0, 0.05) is 25.6 Å². The first-order chi connectivity index (χ1) is 11.2. The highest BCUT2D eigenvalue weighted by Gasteiger charge is 2.54. The van der Waals surface area contributed by atoms with Gasteiger partial charge < -0.3 is 9.64 Å². The van der Waals surface area contributed by atoms with Crippen molar-refractivity contribution >= 4 is 5.91 Å². The van der Waals surface area contributed by atoms with Gasteiger partial charge in [0.05, 0.1) is 6.04 Å². The van der Waals surface area contributed by atoms with Gasteiger partial charge in [-0.15, -0.1) is 0 Å². The molecule has 1 aromatic carbocycles. The van der Waals surface area contributed by atoms with Crippen molar-refractivity contribution in [3.8, 4) is 0 Å². The van der Waals surface area contributed by atoms with E-state index >= 15 is 0 Å². The lowest BCUT2D eigenvalue weighted by Crippen LogP contribution is -2.61. The molecule has 0 unspecified atom stereocenters. The highest BCUT2D eigenvalue weighted by Crippen LogP contribution is 2.46. The first-order valence-corrected chi connectivity index (χ1v) is 8.78. The number of carbonyl (C=O) groups is 1. The number of carbonyl (C=O) groups excluding carboxylic acids is 1. The topological polar surface area (TPSA) is 32.8 Å². The summed E-state index contributed by atoms with van der Waals surface area (Å²) >= 11 is 0. The van der Waals surface area contributed by atoms with E-state index in [2.05, 4.69) is 41.0 Å². The average molecular weight is 314 g/mol. The van der Waals surface area contributed by atoms with Crippen LogP contribution >= 0.6 is 0 Å². The van der Waals surface area contributed by atoms with Gasteiger partial charge in [-0.05, 0) is 44.3 Å². The fourth-order valence-corrected chi connectivity index (χ4v) is 5.02. The van der Waals surface area contributed by atoms with Crippen LogP contribution < -0.4 is 0 Å². The molecule has 23 heavy (non-hydrogen) atoms. The molecule has 0 aliphatic carbocycles. The zero-order valence-corrected chi connectivity index (χ0v) is 14.1. The van der Waals surface area contributed by atoms with Crippen molar-refractivity contribution in [2.75, 3.05) is 33.4 Å². The Balaban J connectivity index is 1.67. The number of ether oxygens (including phenoxy) is 1. The summed E-state index contributed by atoms with van der Waals surface area (Å²) in [7, 11) is 1.61.